The van der Waals surface area contributed by atoms with Gasteiger partial charge in [0.15, 0.2) is 0 Å². The molecule has 10 heteroatoms. The smallest absolute Gasteiger partial charge is 0.309 e. The molecule has 2 aromatic rings. The van der Waals surface area contributed by atoms with E-state index in [0.29, 0.717) is 5.75 Å². The van der Waals surface area contributed by atoms with Gasteiger partial charge < -0.3 is 9.47 Å². The lowest BCUT2D eigenvalue weighted by Gasteiger charge is -2.13. The average molecular weight is 428 g/mol. The number of methoxy groups -OCH3 is 1. The molecule has 0 saturated carbocycles. The molecule has 1 unspecified atom stereocenters. The first-order valence-corrected chi connectivity index (χ1v) is 10.7. The minimum atomic E-state index is -2.62. The number of benzene rings is 1. The Hall–Kier alpha value is -2.39. The Morgan fingerprint density at radius 1 is 1.29 bits per heavy atom. The van der Waals surface area contributed by atoms with Crippen LogP contribution in [-0.4, -0.2) is 44.4 Å². The predicted molar refractivity (Wildman–Crippen MR) is 107 cm³/mol. The van der Waals surface area contributed by atoms with Crippen molar-refractivity contribution in [3.05, 3.63) is 34.5 Å². The molecule has 0 saturated heterocycles. The lowest BCUT2D eigenvalue weighted by atomic mass is 10.0. The Morgan fingerprint density at radius 2 is 1.93 bits per heavy atom. The molecule has 0 spiro atoms. The van der Waals surface area contributed by atoms with Crippen LogP contribution in [0.2, 0.25) is 5.02 Å². The Balaban J connectivity index is 2.66. The minimum Gasteiger partial charge on any atom is -0.494 e. The van der Waals surface area contributed by atoms with E-state index in [9.17, 15) is 13.8 Å². The summed E-state index contributed by atoms with van der Waals surface area (Å²) in [6, 6.07) is 3.00. The van der Waals surface area contributed by atoms with Crippen molar-refractivity contribution in [3.63, 3.8) is 0 Å². The number of ether oxygens (including phenoxy) is 2. The number of ketones is 1. The summed E-state index contributed by atoms with van der Waals surface area (Å²) in [6.07, 6.45) is 2.80. The van der Waals surface area contributed by atoms with Crippen LogP contribution in [0.5, 0.6) is 11.6 Å². The highest BCUT2D eigenvalue weighted by Crippen LogP contribution is 2.40. The van der Waals surface area contributed by atoms with Gasteiger partial charge in [-0.25, -0.2) is 8.89 Å². The summed E-state index contributed by atoms with van der Waals surface area (Å²) in [7, 11) is 0.352. The van der Waals surface area contributed by atoms with E-state index in [0.717, 1.165) is 0 Å². The normalized spacial score (nSPS) is 13.1. The minimum absolute atomic E-state index is 0.00259. The quantitative estimate of drug-likeness (QED) is 0.517. The first-order valence-electron chi connectivity index (χ1n) is 8.32. The van der Waals surface area contributed by atoms with Crippen molar-refractivity contribution < 1.29 is 23.3 Å². The van der Waals surface area contributed by atoms with E-state index in [1.807, 2.05) is 0 Å². The molecule has 0 radical (unpaired) electrons. The van der Waals surface area contributed by atoms with Gasteiger partial charge in [0.2, 0.25) is 11.7 Å². The van der Waals surface area contributed by atoms with Crippen LogP contribution in [0.1, 0.15) is 36.7 Å². The summed E-state index contributed by atoms with van der Waals surface area (Å²) in [5.74, 6) is -0.801. The summed E-state index contributed by atoms with van der Waals surface area (Å²) in [4.78, 5) is 24.4. The Kier molecular flexibility index (Phi) is 6.51. The number of aromatic nitrogens is 2. The van der Waals surface area contributed by atoms with Crippen LogP contribution < -0.4 is 9.47 Å². The van der Waals surface area contributed by atoms with E-state index < -0.39 is 21.5 Å². The number of rotatable bonds is 6. The second kappa shape index (κ2) is 8.32. The predicted octanol–water partition coefficient (Wildman–Crippen LogP) is 3.38. The first kappa shape index (κ1) is 21.9. The maximum absolute atomic E-state index is 13.1. The molecule has 1 heterocycles. The number of nitrogens with zero attached hydrogens (tertiary/aromatic N) is 3. The third-order valence-electron chi connectivity index (χ3n) is 4.06. The van der Waals surface area contributed by atoms with Gasteiger partial charge in [0.1, 0.15) is 17.0 Å². The number of halogens is 1. The van der Waals surface area contributed by atoms with Crippen LogP contribution in [0.25, 0.3) is 0 Å². The fraction of sp³-hybridized carbons (Fsp3) is 0.389. The van der Waals surface area contributed by atoms with E-state index in [1.165, 1.54) is 43.3 Å². The third kappa shape index (κ3) is 4.36. The van der Waals surface area contributed by atoms with E-state index in [2.05, 4.69) is 9.46 Å². The van der Waals surface area contributed by atoms with E-state index in [1.54, 1.807) is 20.9 Å². The number of hydrogen-bond donors (Lipinski definition) is 0. The highest BCUT2D eigenvalue weighted by Gasteiger charge is 2.25. The maximum Gasteiger partial charge on any atom is 0.309 e. The SMILES string of the molecule is COc1ccc(C(=O)c2cnn(C)c2OC(C)=O)c(Cl)c1N=S(C)(=O)C(C)C. The molecule has 0 aliphatic rings. The number of carbonyl (C=O) groups excluding carboxylic acids is 2. The fourth-order valence-corrected chi connectivity index (χ4v) is 3.33. The van der Waals surface area contributed by atoms with Crippen molar-refractivity contribution in [1.82, 2.24) is 9.78 Å². The van der Waals surface area contributed by atoms with Crippen molar-refractivity contribution in [3.8, 4) is 11.6 Å². The molecular formula is C18H22ClN3O5S. The van der Waals surface area contributed by atoms with Crippen molar-refractivity contribution in [2.45, 2.75) is 26.0 Å². The average Bonchev–Trinajstić information content (AvgIpc) is 2.96. The van der Waals surface area contributed by atoms with Crippen LogP contribution in [0.4, 0.5) is 5.69 Å². The zero-order valence-corrected chi connectivity index (χ0v) is 18.1. The summed E-state index contributed by atoms with van der Waals surface area (Å²) in [5.41, 5.74) is 0.299. The monoisotopic (exact) mass is 427 g/mol. The van der Waals surface area contributed by atoms with E-state index in [4.69, 9.17) is 21.1 Å². The van der Waals surface area contributed by atoms with Gasteiger partial charge in [0.05, 0.1) is 28.1 Å². The summed E-state index contributed by atoms with van der Waals surface area (Å²) >= 11 is 6.46. The molecular weight excluding hydrogens is 406 g/mol. The molecule has 1 aromatic carbocycles. The van der Waals surface area contributed by atoms with Gasteiger partial charge in [-0.05, 0) is 12.1 Å². The van der Waals surface area contributed by atoms with Gasteiger partial charge in [-0.15, -0.1) is 0 Å². The van der Waals surface area contributed by atoms with Crippen LogP contribution >= 0.6 is 11.6 Å². The highest BCUT2D eigenvalue weighted by atomic mass is 35.5. The van der Waals surface area contributed by atoms with Crippen LogP contribution in [0.15, 0.2) is 22.7 Å². The molecule has 0 bridgehead atoms. The van der Waals surface area contributed by atoms with Crippen molar-refractivity contribution in [1.29, 1.82) is 0 Å². The lowest BCUT2D eigenvalue weighted by Crippen LogP contribution is -2.11. The van der Waals surface area contributed by atoms with Gasteiger partial charge in [-0.1, -0.05) is 25.4 Å². The number of esters is 1. The molecule has 2 rings (SSSR count). The summed E-state index contributed by atoms with van der Waals surface area (Å²) in [5, 5.41) is 3.73. The number of hydrogen-bond acceptors (Lipinski definition) is 7. The molecule has 0 N–H and O–H groups in total. The maximum atomic E-state index is 13.1. The molecule has 8 nitrogen and oxygen atoms in total. The second-order valence-electron chi connectivity index (χ2n) is 6.39. The molecule has 0 amide bonds. The molecule has 1 atom stereocenters. The van der Waals surface area contributed by atoms with Gasteiger partial charge in [-0.2, -0.15) is 9.46 Å². The molecule has 0 aliphatic carbocycles. The standard InChI is InChI=1S/C18H22ClN3O5S/c1-10(2)28(6,25)21-16-14(26-5)8-7-12(15(16)19)17(24)13-9-20-22(4)18(13)27-11(3)23/h7-10H,1-6H3. The Bertz CT molecular complexity index is 1050. The summed E-state index contributed by atoms with van der Waals surface area (Å²) < 4.78 is 28.7. The van der Waals surface area contributed by atoms with Crippen molar-refractivity contribution >= 4 is 38.8 Å². The fourth-order valence-electron chi connectivity index (χ4n) is 2.24. The van der Waals surface area contributed by atoms with E-state index in [-0.39, 0.29) is 33.0 Å². The van der Waals surface area contributed by atoms with Gasteiger partial charge in [-0.3, -0.25) is 9.59 Å². The van der Waals surface area contributed by atoms with Crippen molar-refractivity contribution in [2.75, 3.05) is 13.4 Å². The van der Waals surface area contributed by atoms with Gasteiger partial charge in [0.25, 0.3) is 0 Å². The molecule has 152 valence electrons. The topological polar surface area (TPSA) is 99.8 Å². The zero-order valence-electron chi connectivity index (χ0n) is 16.5. The first-order chi connectivity index (χ1) is 13.0. The third-order valence-corrected chi connectivity index (χ3v) is 6.74. The van der Waals surface area contributed by atoms with Crippen LogP contribution in [0, 0.1) is 0 Å². The van der Waals surface area contributed by atoms with Crippen molar-refractivity contribution in [2.24, 2.45) is 11.4 Å². The lowest BCUT2D eigenvalue weighted by molar-refractivity contribution is -0.132. The molecule has 0 fully saturated rings. The number of aryl methyl sites for hydroxylation is 1. The van der Waals surface area contributed by atoms with Gasteiger partial charge >= 0.3 is 5.97 Å². The van der Waals surface area contributed by atoms with E-state index >= 15 is 0 Å². The largest absolute Gasteiger partial charge is 0.494 e. The molecule has 28 heavy (non-hydrogen) atoms. The number of carbonyl (C=O) groups is 2. The highest BCUT2D eigenvalue weighted by molar-refractivity contribution is 7.93. The Morgan fingerprint density at radius 3 is 2.46 bits per heavy atom. The second-order valence-corrected chi connectivity index (χ2v) is 9.61. The van der Waals surface area contributed by atoms with Crippen LogP contribution in [-0.2, 0) is 21.6 Å². The van der Waals surface area contributed by atoms with Crippen LogP contribution in [0.3, 0.4) is 0 Å². The zero-order chi connectivity index (χ0) is 21.2. The molecule has 0 aliphatic heterocycles. The Labute approximate surface area is 169 Å². The molecule has 1 aromatic heterocycles. The van der Waals surface area contributed by atoms with Gasteiger partial charge in [0, 0.05) is 31.0 Å². The summed E-state index contributed by atoms with van der Waals surface area (Å²) in [6.45, 7) is 4.78.